The normalized spacial score (nSPS) is 21.0. The van der Waals surface area contributed by atoms with Crippen molar-refractivity contribution < 1.29 is 70.6 Å². The summed E-state index contributed by atoms with van der Waals surface area (Å²) in [5.74, 6) is -0.288. The number of nitrogens with zero attached hydrogens (tertiary/aromatic N) is 7. The Bertz CT molecular complexity index is 3340. The number of aliphatic hydroxyl groups excluding tert-OH is 2. The number of nitrogens with two attached hydrogens (primary N) is 1. The Kier molecular flexibility index (Phi) is 18.3. The number of imidazole rings is 1. The van der Waals surface area contributed by atoms with Crippen molar-refractivity contribution in [3.8, 4) is 0 Å². The second-order valence-electron chi connectivity index (χ2n) is 20.3. The molecule has 2 amide bonds. The molecular formula is C51H69N9O15P3+. The van der Waals surface area contributed by atoms with Crippen LogP contribution < -0.4 is 31.1 Å². The van der Waals surface area contributed by atoms with Gasteiger partial charge in [0.15, 0.2) is 17.7 Å². The van der Waals surface area contributed by atoms with Crippen LogP contribution in [0.3, 0.4) is 0 Å². The van der Waals surface area contributed by atoms with Crippen LogP contribution in [0, 0.1) is 0 Å². The smallest absolute Gasteiger partial charge is 0.387 e. The Labute approximate surface area is 451 Å². The number of unbranched alkanes of at least 4 members (excludes halogenated alkanes) is 3. The predicted octanol–water partition coefficient (Wildman–Crippen LogP) is 4.03. The molecule has 0 radical (unpaired) electrons. The van der Waals surface area contributed by atoms with E-state index < -0.39 is 61.2 Å². The Hall–Kier alpha value is -5.29. The third kappa shape index (κ3) is 13.1. The summed E-state index contributed by atoms with van der Waals surface area (Å²) in [6.07, 6.45) is 0.692. The fraction of sp³-hybridized carbons (Fsp3) is 0.490. The number of rotatable bonds is 24. The number of nitrogens with one attached hydrogen (secondary N) is 1. The number of anilines is 2. The van der Waals surface area contributed by atoms with Gasteiger partial charge in [-0.25, -0.2) is 33.2 Å². The number of phosphoric ester groups is 2. The van der Waals surface area contributed by atoms with Gasteiger partial charge in [-0.3, -0.25) is 23.2 Å². The van der Waals surface area contributed by atoms with E-state index in [1.165, 1.54) is 32.9 Å². The number of amides is 2. The van der Waals surface area contributed by atoms with Gasteiger partial charge in [0.2, 0.25) is 11.3 Å². The predicted molar refractivity (Wildman–Crippen MR) is 288 cm³/mol. The highest BCUT2D eigenvalue weighted by molar-refractivity contribution is 7.66. The minimum absolute atomic E-state index is 0.0355. The molecule has 78 heavy (non-hydrogen) atoms. The lowest BCUT2D eigenvalue weighted by molar-refractivity contribution is -0.121. The summed E-state index contributed by atoms with van der Waals surface area (Å²) < 4.78 is 64.5. The van der Waals surface area contributed by atoms with Crippen LogP contribution in [0.2, 0.25) is 0 Å². The number of nitrogen functional groups attached to an aromatic ring is 1. The molecule has 3 unspecified atom stereocenters. The monoisotopic (exact) mass is 1140 g/mol. The number of benzene rings is 3. The third-order valence-electron chi connectivity index (χ3n) is 14.4. The second-order valence-corrected chi connectivity index (χ2v) is 24.9. The summed E-state index contributed by atoms with van der Waals surface area (Å²) >= 11 is 0. The number of aliphatic hydroxyl groups is 2. The van der Waals surface area contributed by atoms with Crippen molar-refractivity contribution in [3.05, 3.63) is 111 Å². The van der Waals surface area contributed by atoms with Crippen LogP contribution in [0.15, 0.2) is 67.3 Å². The molecule has 0 bridgehead atoms. The molecule has 8 rings (SSSR count). The van der Waals surface area contributed by atoms with Crippen LogP contribution in [0.25, 0.3) is 16.7 Å². The lowest BCUT2D eigenvalue weighted by Crippen LogP contribution is -2.43. The highest BCUT2D eigenvalue weighted by Gasteiger charge is 2.47. The number of phosphoric acid groups is 3. The molecule has 7 atom stereocenters. The molecule has 24 nitrogen and oxygen atoms in total. The van der Waals surface area contributed by atoms with Gasteiger partial charge in [-0.05, 0) is 89.9 Å². The Morgan fingerprint density at radius 2 is 1.62 bits per heavy atom. The van der Waals surface area contributed by atoms with Crippen molar-refractivity contribution in [1.82, 2.24) is 34.3 Å². The largest absolute Gasteiger partial charge is 0.490 e. The van der Waals surface area contributed by atoms with E-state index in [9.17, 15) is 48.2 Å². The van der Waals surface area contributed by atoms with E-state index in [1.807, 2.05) is 38.4 Å². The van der Waals surface area contributed by atoms with E-state index in [0.717, 1.165) is 59.9 Å². The first-order valence-electron chi connectivity index (χ1n) is 25.8. The molecule has 2 aromatic heterocycles. The van der Waals surface area contributed by atoms with Gasteiger partial charge in [-0.1, -0.05) is 51.0 Å². The molecule has 3 aliphatic rings. The minimum Gasteiger partial charge on any atom is -0.387 e. The van der Waals surface area contributed by atoms with Gasteiger partial charge in [0, 0.05) is 75.4 Å². The van der Waals surface area contributed by atoms with Gasteiger partial charge >= 0.3 is 23.5 Å². The highest BCUT2D eigenvalue weighted by Crippen LogP contribution is 2.67. The number of hydrogen-bond acceptors (Lipinski definition) is 17. The average molecular weight is 1140 g/mol. The summed E-state index contributed by atoms with van der Waals surface area (Å²) in [4.78, 5) is 73.1. The van der Waals surface area contributed by atoms with Gasteiger partial charge in [0.25, 0.3) is 5.91 Å². The number of aromatic nitrogens is 4. The minimum atomic E-state index is -5.79. The van der Waals surface area contributed by atoms with Crippen molar-refractivity contribution in [3.63, 3.8) is 0 Å². The topological polar surface area (TPSA) is 324 Å². The highest BCUT2D eigenvalue weighted by atomic mass is 31.3. The summed E-state index contributed by atoms with van der Waals surface area (Å²) in [7, 11) is -10.8. The summed E-state index contributed by atoms with van der Waals surface area (Å²) in [5, 5.41) is 26.4. The van der Waals surface area contributed by atoms with Crippen molar-refractivity contribution in [1.29, 1.82) is 0 Å². The number of aryl methyl sites for hydroxylation is 1. The van der Waals surface area contributed by atoms with E-state index in [4.69, 9.17) is 15.0 Å². The zero-order chi connectivity index (χ0) is 56.3. The summed E-state index contributed by atoms with van der Waals surface area (Å²) in [6, 6.07) is 19.1. The average Bonchev–Trinajstić information content (AvgIpc) is 3.77. The molecule has 2 aliphatic heterocycles. The van der Waals surface area contributed by atoms with E-state index in [-0.39, 0.29) is 47.1 Å². The van der Waals surface area contributed by atoms with Crippen LogP contribution in [0.5, 0.6) is 0 Å². The van der Waals surface area contributed by atoms with Gasteiger partial charge in [0.1, 0.15) is 43.2 Å². The second kappa shape index (κ2) is 24.2. The molecule has 1 saturated heterocycles. The molecule has 27 heteroatoms. The van der Waals surface area contributed by atoms with Crippen molar-refractivity contribution in [2.45, 2.75) is 102 Å². The zero-order valence-corrected chi connectivity index (χ0v) is 47.1. The maximum atomic E-state index is 14.4. The molecule has 0 spiro atoms. The van der Waals surface area contributed by atoms with Crippen LogP contribution in [0.4, 0.5) is 11.5 Å². The number of carbonyl (C=O) groups excluding carboxylic acids is 2. The van der Waals surface area contributed by atoms with Gasteiger partial charge in [-0.15, -0.1) is 0 Å². The quantitative estimate of drug-likeness (QED) is 0.0260. The lowest BCUT2D eigenvalue weighted by Gasteiger charge is -2.36. The summed E-state index contributed by atoms with van der Waals surface area (Å²) in [5.41, 5.74) is 14.2. The molecule has 4 heterocycles. The van der Waals surface area contributed by atoms with Crippen molar-refractivity contribution >= 4 is 63.5 Å². The van der Waals surface area contributed by atoms with E-state index in [2.05, 4.69) is 94.0 Å². The van der Waals surface area contributed by atoms with Crippen molar-refractivity contribution in [2.24, 2.45) is 0 Å². The molecule has 5 aromatic rings. The van der Waals surface area contributed by atoms with Crippen LogP contribution in [-0.4, -0.2) is 140 Å². The molecule has 1 fully saturated rings. The first-order valence-corrected chi connectivity index (χ1v) is 30.3. The van der Waals surface area contributed by atoms with Crippen LogP contribution in [-0.2, 0) is 52.7 Å². The fourth-order valence-electron chi connectivity index (χ4n) is 10.3. The SMILES string of the molecule is CC[N+]1=c2cc3c(cc2CCC1)=C(c1ccccc1C(=O)N(C)CCCC(=O)NCCCCCCOP(=O)(O)OP(=O)(O)OP(=O)(O)OC[C@H]1O[C@@H](n2cnc4c(N)ncnc42)[C@H](O)[C@@H]1O)c1ccc(N(C)C)cc1C3(C)C. The molecular weight excluding hydrogens is 1070 g/mol. The number of carbonyl (C=O) groups is 2. The van der Waals surface area contributed by atoms with Crippen molar-refractivity contribution in [2.75, 3.05) is 71.2 Å². The molecule has 3 aromatic carbocycles. The third-order valence-corrected chi connectivity index (χ3v) is 18.6. The first-order chi connectivity index (χ1) is 36.9. The number of hydrogen-bond donors (Lipinski definition) is 7. The fourth-order valence-corrected chi connectivity index (χ4v) is 13.8. The number of fused-ring (bicyclic) bond motifs is 4. The molecule has 0 saturated carbocycles. The van der Waals surface area contributed by atoms with E-state index in [0.29, 0.717) is 44.3 Å². The Morgan fingerprint density at radius 1 is 0.885 bits per heavy atom. The molecule has 1 aliphatic carbocycles. The Morgan fingerprint density at radius 3 is 2.36 bits per heavy atom. The maximum Gasteiger partial charge on any atom is 0.490 e. The van der Waals surface area contributed by atoms with E-state index >= 15 is 0 Å². The first kappa shape index (κ1) is 58.8. The maximum absolute atomic E-state index is 14.4. The Balaban J connectivity index is 0.764. The molecule has 422 valence electrons. The summed E-state index contributed by atoms with van der Waals surface area (Å²) in [6.45, 7) is 8.05. The van der Waals surface area contributed by atoms with Crippen LogP contribution in [0.1, 0.15) is 110 Å². The lowest BCUT2D eigenvalue weighted by atomic mass is 9.68. The molecule has 8 N–H and O–H groups in total. The van der Waals surface area contributed by atoms with Gasteiger partial charge < -0.3 is 50.5 Å². The van der Waals surface area contributed by atoms with Gasteiger partial charge in [-0.2, -0.15) is 8.62 Å². The standard InChI is InChI=1S/C51H68N9O15P3/c1-7-59-24-14-16-32-26-37-39(28-40(32)59)51(2,3)38-27-33(57(4)5)20-21-36(38)43(37)34-17-10-11-18-35(34)49(64)58(6)23-15-19-42(61)53-22-12-8-9-13-25-71-76(65,66)74-78(69,70)75-77(67,68)72-29-41-45(62)46(63)50(73-41)60-31-56-44-47(52)54-30-55-48(44)60/h10-11,17-18,20-21,26-28,30-31,41,45-46,50,62-63H,7-9,12-16,19,22-25,29H2,1-6H3,(H5-,52,53,54,55,61,65,66,67,68,69,70)/p+1/t41-,45-,46-,50-/m1/s1. The zero-order valence-electron chi connectivity index (χ0n) is 44.4. The van der Waals surface area contributed by atoms with Crippen LogP contribution >= 0.6 is 23.5 Å². The van der Waals surface area contributed by atoms with Gasteiger partial charge in [0.05, 0.1) is 19.5 Å². The number of ether oxygens (including phenoxy) is 1. The van der Waals surface area contributed by atoms with E-state index in [1.54, 1.807) is 11.9 Å².